The van der Waals surface area contributed by atoms with Crippen LogP contribution in [-0.2, 0) is 4.79 Å². The average molecular weight is 407 g/mol. The van der Waals surface area contributed by atoms with E-state index in [1.165, 1.54) is 5.56 Å². The van der Waals surface area contributed by atoms with Crippen molar-refractivity contribution in [1.29, 1.82) is 0 Å². The maximum atomic E-state index is 10.6. The number of rotatable bonds is 8. The summed E-state index contributed by atoms with van der Waals surface area (Å²) in [6, 6.07) is 16.4. The van der Waals surface area contributed by atoms with Crippen LogP contribution < -0.4 is 4.74 Å². The third-order valence-electron chi connectivity index (χ3n) is 4.75. The van der Waals surface area contributed by atoms with Crippen molar-refractivity contribution in [1.82, 2.24) is 9.55 Å². The molecule has 148 valence electrons. The van der Waals surface area contributed by atoms with Crippen LogP contribution in [0.1, 0.15) is 24.8 Å². The Morgan fingerprint density at radius 2 is 1.97 bits per heavy atom. The Morgan fingerprint density at radius 3 is 2.69 bits per heavy atom. The summed E-state index contributed by atoms with van der Waals surface area (Å²) in [7, 11) is 0. The molecule has 0 aliphatic rings. The van der Waals surface area contributed by atoms with Gasteiger partial charge >= 0.3 is 5.97 Å². The molecule has 4 aromatic rings. The second-order valence-corrected chi connectivity index (χ2v) is 7.75. The Balaban J connectivity index is 1.68. The summed E-state index contributed by atoms with van der Waals surface area (Å²) in [4.78, 5) is 15.5. The second kappa shape index (κ2) is 8.49. The number of carboxylic acids is 1. The highest BCUT2D eigenvalue weighted by Gasteiger charge is 2.15. The molecule has 2 aromatic carbocycles. The third kappa shape index (κ3) is 4.32. The monoisotopic (exact) mass is 406 g/mol. The van der Waals surface area contributed by atoms with Gasteiger partial charge in [0.1, 0.15) is 11.6 Å². The number of aryl methyl sites for hydroxylation is 1. The van der Waals surface area contributed by atoms with Gasteiger partial charge in [-0.2, -0.15) is 11.3 Å². The van der Waals surface area contributed by atoms with Crippen LogP contribution >= 0.6 is 11.3 Å². The second-order valence-electron chi connectivity index (χ2n) is 6.97. The molecular weight excluding hydrogens is 384 g/mol. The number of fused-ring (bicyclic) bond motifs is 1. The largest absolute Gasteiger partial charge is 0.494 e. The zero-order valence-electron chi connectivity index (χ0n) is 16.2. The van der Waals surface area contributed by atoms with Crippen LogP contribution in [0.2, 0.25) is 0 Å². The first-order valence-corrected chi connectivity index (χ1v) is 10.5. The molecule has 0 amide bonds. The number of benzene rings is 2. The van der Waals surface area contributed by atoms with Gasteiger partial charge in [0.2, 0.25) is 0 Å². The number of aliphatic carboxylic acids is 1. The normalized spacial score (nSPS) is 11.1. The molecule has 2 aromatic heterocycles. The molecule has 5 nitrogen and oxygen atoms in total. The quantitative estimate of drug-likeness (QED) is 0.382. The van der Waals surface area contributed by atoms with Gasteiger partial charge in [0.25, 0.3) is 0 Å². The van der Waals surface area contributed by atoms with Crippen molar-refractivity contribution in [3.8, 4) is 22.8 Å². The van der Waals surface area contributed by atoms with Gasteiger partial charge in [-0.3, -0.25) is 9.36 Å². The number of unbranched alkanes of at least 4 members (excludes halogenated alkanes) is 1. The standard InChI is InChI=1S/C23H22N2O3S/c1-16-5-7-18(8-6-16)25-21-14-19(28-12-3-2-4-22(26)27)9-10-20(21)24-23(25)17-11-13-29-15-17/h5-11,13-15H,2-4,12H2,1H3,(H,26,27). The molecule has 0 saturated carbocycles. The fourth-order valence-corrected chi connectivity index (χ4v) is 3.89. The third-order valence-corrected chi connectivity index (χ3v) is 5.43. The summed E-state index contributed by atoms with van der Waals surface area (Å²) in [5.41, 5.74) is 5.24. The Hall–Kier alpha value is -3.12. The number of carbonyl (C=O) groups is 1. The van der Waals surface area contributed by atoms with Crippen LogP contribution in [0.3, 0.4) is 0 Å². The lowest BCUT2D eigenvalue weighted by Crippen LogP contribution is -2.01. The number of imidazole rings is 1. The van der Waals surface area contributed by atoms with Crippen LogP contribution in [-0.4, -0.2) is 27.2 Å². The smallest absolute Gasteiger partial charge is 0.303 e. The van der Waals surface area contributed by atoms with Gasteiger partial charge in [-0.1, -0.05) is 17.7 Å². The highest BCUT2D eigenvalue weighted by Crippen LogP contribution is 2.32. The van der Waals surface area contributed by atoms with Crippen molar-refractivity contribution in [2.45, 2.75) is 26.2 Å². The van der Waals surface area contributed by atoms with Crippen molar-refractivity contribution in [2.24, 2.45) is 0 Å². The molecule has 29 heavy (non-hydrogen) atoms. The van der Waals surface area contributed by atoms with Crippen LogP contribution in [0, 0.1) is 6.92 Å². The molecule has 0 aliphatic carbocycles. The van der Waals surface area contributed by atoms with Gasteiger partial charge < -0.3 is 9.84 Å². The van der Waals surface area contributed by atoms with Crippen molar-refractivity contribution in [3.05, 3.63) is 64.9 Å². The van der Waals surface area contributed by atoms with E-state index < -0.39 is 5.97 Å². The van der Waals surface area contributed by atoms with E-state index in [1.807, 2.05) is 18.2 Å². The number of aromatic nitrogens is 2. The van der Waals surface area contributed by atoms with Gasteiger partial charge in [0, 0.05) is 29.1 Å². The SMILES string of the molecule is Cc1ccc(-n2c(-c3ccsc3)nc3ccc(OCCCCC(=O)O)cc32)cc1. The predicted octanol–water partition coefficient (Wildman–Crippen LogP) is 5.70. The molecule has 1 N–H and O–H groups in total. The molecule has 0 bridgehead atoms. The maximum Gasteiger partial charge on any atom is 0.303 e. The molecule has 0 unspecified atom stereocenters. The minimum absolute atomic E-state index is 0.173. The molecule has 6 heteroatoms. The molecule has 0 radical (unpaired) electrons. The van der Waals surface area contributed by atoms with Crippen molar-refractivity contribution in [2.75, 3.05) is 6.61 Å². The first kappa shape index (κ1) is 19.2. The van der Waals surface area contributed by atoms with Crippen molar-refractivity contribution >= 4 is 28.3 Å². The fraction of sp³-hybridized carbons (Fsp3) is 0.217. The lowest BCUT2D eigenvalue weighted by molar-refractivity contribution is -0.137. The number of hydrogen-bond donors (Lipinski definition) is 1. The van der Waals surface area contributed by atoms with Crippen LogP contribution in [0.5, 0.6) is 5.75 Å². The molecule has 4 rings (SSSR count). The van der Waals surface area contributed by atoms with E-state index in [9.17, 15) is 4.79 Å². The highest BCUT2D eigenvalue weighted by molar-refractivity contribution is 7.08. The molecular formula is C23H22N2O3S. The van der Waals surface area contributed by atoms with Crippen LogP contribution in [0.25, 0.3) is 28.1 Å². The van der Waals surface area contributed by atoms with Crippen LogP contribution in [0.15, 0.2) is 59.3 Å². The molecule has 0 spiro atoms. The summed E-state index contributed by atoms with van der Waals surface area (Å²) >= 11 is 1.65. The van der Waals surface area contributed by atoms with E-state index >= 15 is 0 Å². The summed E-state index contributed by atoms with van der Waals surface area (Å²) in [6.07, 6.45) is 1.50. The summed E-state index contributed by atoms with van der Waals surface area (Å²) in [6.45, 7) is 2.57. The first-order valence-electron chi connectivity index (χ1n) is 9.58. The lowest BCUT2D eigenvalue weighted by atomic mass is 10.2. The number of hydrogen-bond acceptors (Lipinski definition) is 4. The van der Waals surface area contributed by atoms with E-state index in [0.29, 0.717) is 19.4 Å². The average Bonchev–Trinajstić information content (AvgIpc) is 3.35. The number of ether oxygens (including phenoxy) is 1. The van der Waals surface area contributed by atoms with E-state index in [0.717, 1.165) is 33.9 Å². The first-order chi connectivity index (χ1) is 14.1. The van der Waals surface area contributed by atoms with Gasteiger partial charge in [-0.15, -0.1) is 0 Å². The Kier molecular flexibility index (Phi) is 5.62. The maximum absolute atomic E-state index is 10.6. The topological polar surface area (TPSA) is 64.4 Å². The summed E-state index contributed by atoms with van der Waals surface area (Å²) in [5, 5.41) is 12.9. The molecule has 0 aliphatic heterocycles. The minimum Gasteiger partial charge on any atom is -0.494 e. The van der Waals surface area contributed by atoms with Crippen molar-refractivity contribution in [3.63, 3.8) is 0 Å². The van der Waals surface area contributed by atoms with Gasteiger partial charge in [-0.05, 0) is 55.5 Å². The van der Waals surface area contributed by atoms with E-state index in [4.69, 9.17) is 14.8 Å². The molecule has 0 saturated heterocycles. The Bertz CT molecular complexity index is 1120. The molecule has 0 fully saturated rings. The number of nitrogens with zero attached hydrogens (tertiary/aromatic N) is 2. The van der Waals surface area contributed by atoms with E-state index in [2.05, 4.69) is 52.6 Å². The molecule has 2 heterocycles. The lowest BCUT2D eigenvalue weighted by Gasteiger charge is -2.10. The van der Waals surface area contributed by atoms with Gasteiger partial charge in [0.15, 0.2) is 0 Å². The Labute approximate surface area is 173 Å². The van der Waals surface area contributed by atoms with Crippen molar-refractivity contribution < 1.29 is 14.6 Å². The number of thiophene rings is 1. The van der Waals surface area contributed by atoms with Gasteiger partial charge in [-0.25, -0.2) is 4.98 Å². The predicted molar refractivity (Wildman–Crippen MR) is 116 cm³/mol. The molecule has 0 atom stereocenters. The zero-order chi connectivity index (χ0) is 20.2. The number of carboxylic acid groups (broad SMARTS) is 1. The summed E-state index contributed by atoms with van der Waals surface area (Å²) in [5.74, 6) is 0.899. The van der Waals surface area contributed by atoms with E-state index in [1.54, 1.807) is 11.3 Å². The zero-order valence-corrected chi connectivity index (χ0v) is 17.0. The summed E-state index contributed by atoms with van der Waals surface area (Å²) < 4.78 is 8.03. The Morgan fingerprint density at radius 1 is 1.14 bits per heavy atom. The van der Waals surface area contributed by atoms with Gasteiger partial charge in [0.05, 0.1) is 17.6 Å². The van der Waals surface area contributed by atoms with E-state index in [-0.39, 0.29) is 6.42 Å². The minimum atomic E-state index is -0.769. The van der Waals surface area contributed by atoms with Crippen LogP contribution in [0.4, 0.5) is 0 Å². The highest BCUT2D eigenvalue weighted by atomic mass is 32.1. The fourth-order valence-electron chi connectivity index (χ4n) is 3.25.